The molecule has 1 nitrogen and oxygen atoms in total. The van der Waals surface area contributed by atoms with Gasteiger partial charge in [0.15, 0.2) is 0 Å². The summed E-state index contributed by atoms with van der Waals surface area (Å²) in [6.07, 6.45) is 4.14. The van der Waals surface area contributed by atoms with Gasteiger partial charge in [0.25, 0.3) is 0 Å². The van der Waals surface area contributed by atoms with E-state index in [-0.39, 0.29) is 0 Å². The van der Waals surface area contributed by atoms with Crippen LogP contribution in [-0.2, 0) is 5.41 Å². The lowest BCUT2D eigenvalue weighted by molar-refractivity contribution is 0.301. The monoisotopic (exact) mass is 173 g/mol. The summed E-state index contributed by atoms with van der Waals surface area (Å²) in [6, 6.07) is 11.8. The summed E-state index contributed by atoms with van der Waals surface area (Å²) in [6.45, 7) is 1.22. The Morgan fingerprint density at radius 2 is 1.85 bits per heavy atom. The predicted octanol–water partition coefficient (Wildman–Crippen LogP) is 2.08. The van der Waals surface area contributed by atoms with E-state index in [1.807, 2.05) is 0 Å². The number of nitrogens with one attached hydrogen (secondary N) is 1. The summed E-state index contributed by atoms with van der Waals surface area (Å²) in [7, 11) is 0. The Morgan fingerprint density at radius 3 is 2.31 bits per heavy atom. The summed E-state index contributed by atoms with van der Waals surface area (Å²) < 4.78 is 0. The molecule has 0 bridgehead atoms. The van der Waals surface area contributed by atoms with Crippen molar-refractivity contribution in [3.8, 4) is 0 Å². The molecule has 1 saturated carbocycles. The van der Waals surface area contributed by atoms with Crippen molar-refractivity contribution in [2.45, 2.75) is 30.7 Å². The maximum Gasteiger partial charge on any atom is 0.0176 e. The molecule has 0 radical (unpaired) electrons. The van der Waals surface area contributed by atoms with Gasteiger partial charge in [0.2, 0.25) is 0 Å². The third-order valence-corrected chi connectivity index (χ3v) is 3.63. The maximum absolute atomic E-state index is 3.55. The molecule has 2 fully saturated rings. The second-order valence-electron chi connectivity index (χ2n) is 4.32. The smallest absolute Gasteiger partial charge is 0.0176 e. The Morgan fingerprint density at radius 1 is 1.15 bits per heavy atom. The van der Waals surface area contributed by atoms with Crippen LogP contribution in [0, 0.1) is 0 Å². The zero-order chi connectivity index (χ0) is 8.73. The molecule has 2 aliphatic rings. The van der Waals surface area contributed by atoms with Gasteiger partial charge >= 0.3 is 0 Å². The van der Waals surface area contributed by atoms with Crippen molar-refractivity contribution in [2.75, 3.05) is 6.54 Å². The van der Waals surface area contributed by atoms with Crippen LogP contribution in [0.15, 0.2) is 30.3 Å². The molecule has 1 saturated heterocycles. The van der Waals surface area contributed by atoms with Gasteiger partial charge in [-0.1, -0.05) is 30.3 Å². The van der Waals surface area contributed by atoms with Gasteiger partial charge in [-0.15, -0.1) is 0 Å². The molecule has 13 heavy (non-hydrogen) atoms. The number of hydrogen-bond donors (Lipinski definition) is 1. The van der Waals surface area contributed by atoms with Crippen molar-refractivity contribution in [1.82, 2.24) is 5.32 Å². The van der Waals surface area contributed by atoms with Crippen LogP contribution < -0.4 is 5.32 Å². The highest BCUT2D eigenvalue weighted by Gasteiger charge is 2.52. The average Bonchev–Trinajstić information content (AvgIpc) is 2.85. The van der Waals surface area contributed by atoms with E-state index in [0.717, 1.165) is 6.04 Å². The molecular formula is C12H15N. The van der Waals surface area contributed by atoms with Crippen LogP contribution in [0.3, 0.4) is 0 Å². The van der Waals surface area contributed by atoms with E-state index in [2.05, 4.69) is 35.6 Å². The van der Waals surface area contributed by atoms with E-state index >= 15 is 0 Å². The molecule has 1 N–H and O–H groups in total. The minimum absolute atomic E-state index is 0.527. The largest absolute Gasteiger partial charge is 0.313 e. The summed E-state index contributed by atoms with van der Waals surface area (Å²) in [5.41, 5.74) is 2.08. The highest BCUT2D eigenvalue weighted by Crippen LogP contribution is 2.52. The average molecular weight is 173 g/mol. The van der Waals surface area contributed by atoms with E-state index in [1.54, 1.807) is 5.56 Å². The fourth-order valence-electron chi connectivity index (χ4n) is 2.50. The van der Waals surface area contributed by atoms with Gasteiger partial charge in [0.05, 0.1) is 0 Å². The summed E-state index contributed by atoms with van der Waals surface area (Å²) in [4.78, 5) is 0. The third-order valence-electron chi connectivity index (χ3n) is 3.63. The standard InChI is InChI=1S/C12H15N/c1-2-4-10(5-3-1)12(7-8-12)11-6-9-13-11/h1-5,11,13H,6-9H2. The Bertz CT molecular complexity index is 296. The molecule has 0 spiro atoms. The van der Waals surface area contributed by atoms with Crippen molar-refractivity contribution in [2.24, 2.45) is 0 Å². The first-order chi connectivity index (χ1) is 6.42. The normalized spacial score (nSPS) is 29.4. The fraction of sp³-hybridized carbons (Fsp3) is 0.500. The van der Waals surface area contributed by atoms with Gasteiger partial charge in [-0.05, 0) is 31.4 Å². The zero-order valence-corrected chi connectivity index (χ0v) is 7.79. The van der Waals surface area contributed by atoms with Crippen molar-refractivity contribution in [1.29, 1.82) is 0 Å². The molecule has 1 heterocycles. The van der Waals surface area contributed by atoms with Crippen molar-refractivity contribution in [3.05, 3.63) is 35.9 Å². The van der Waals surface area contributed by atoms with Crippen LogP contribution in [0.1, 0.15) is 24.8 Å². The van der Waals surface area contributed by atoms with Gasteiger partial charge in [0.1, 0.15) is 0 Å². The molecule has 0 aromatic heterocycles. The first-order valence-electron chi connectivity index (χ1n) is 5.21. The SMILES string of the molecule is c1ccc(C2(C3CCN3)CC2)cc1. The Kier molecular flexibility index (Phi) is 1.50. The van der Waals surface area contributed by atoms with Crippen LogP contribution >= 0.6 is 0 Å². The van der Waals surface area contributed by atoms with E-state index < -0.39 is 0 Å². The molecule has 1 unspecified atom stereocenters. The molecule has 1 aliphatic carbocycles. The number of benzene rings is 1. The van der Waals surface area contributed by atoms with E-state index in [0.29, 0.717) is 5.41 Å². The predicted molar refractivity (Wildman–Crippen MR) is 53.8 cm³/mol. The van der Waals surface area contributed by atoms with Gasteiger partial charge in [-0.2, -0.15) is 0 Å². The van der Waals surface area contributed by atoms with Gasteiger partial charge < -0.3 is 5.32 Å². The highest BCUT2D eigenvalue weighted by atomic mass is 15.0. The lowest BCUT2D eigenvalue weighted by Gasteiger charge is -2.36. The maximum atomic E-state index is 3.55. The molecule has 1 atom stereocenters. The third kappa shape index (κ3) is 1.03. The Hall–Kier alpha value is -0.820. The molecule has 1 heteroatoms. The number of hydrogen-bond acceptors (Lipinski definition) is 1. The lowest BCUT2D eigenvalue weighted by atomic mass is 9.83. The van der Waals surface area contributed by atoms with E-state index in [4.69, 9.17) is 0 Å². The molecule has 1 aromatic rings. The molecule has 3 rings (SSSR count). The second-order valence-corrected chi connectivity index (χ2v) is 4.32. The van der Waals surface area contributed by atoms with Crippen LogP contribution in [0.2, 0.25) is 0 Å². The minimum Gasteiger partial charge on any atom is -0.313 e. The minimum atomic E-state index is 0.527. The Labute approximate surface area is 79.2 Å². The topological polar surface area (TPSA) is 12.0 Å². The molecular weight excluding hydrogens is 158 g/mol. The van der Waals surface area contributed by atoms with E-state index in [1.165, 1.54) is 25.8 Å². The van der Waals surface area contributed by atoms with Crippen LogP contribution in [0.5, 0.6) is 0 Å². The quantitative estimate of drug-likeness (QED) is 0.722. The van der Waals surface area contributed by atoms with E-state index in [9.17, 15) is 0 Å². The van der Waals surface area contributed by atoms with Crippen LogP contribution in [-0.4, -0.2) is 12.6 Å². The molecule has 1 aromatic carbocycles. The summed E-state index contributed by atoms with van der Waals surface area (Å²) in [5, 5.41) is 3.55. The molecule has 1 aliphatic heterocycles. The molecule has 0 amide bonds. The van der Waals surface area contributed by atoms with Crippen molar-refractivity contribution in [3.63, 3.8) is 0 Å². The Balaban J connectivity index is 1.91. The van der Waals surface area contributed by atoms with Gasteiger partial charge in [0, 0.05) is 11.5 Å². The highest BCUT2D eigenvalue weighted by molar-refractivity contribution is 5.34. The van der Waals surface area contributed by atoms with Gasteiger partial charge in [-0.25, -0.2) is 0 Å². The van der Waals surface area contributed by atoms with Gasteiger partial charge in [-0.3, -0.25) is 0 Å². The lowest BCUT2D eigenvalue weighted by Crippen LogP contribution is -2.50. The van der Waals surface area contributed by atoms with Crippen molar-refractivity contribution < 1.29 is 0 Å². The molecule has 68 valence electrons. The van der Waals surface area contributed by atoms with Crippen molar-refractivity contribution >= 4 is 0 Å². The number of rotatable bonds is 2. The second kappa shape index (κ2) is 2.58. The first-order valence-corrected chi connectivity index (χ1v) is 5.21. The summed E-state index contributed by atoms with van der Waals surface area (Å²) in [5.74, 6) is 0. The van der Waals surface area contributed by atoms with Crippen LogP contribution in [0.4, 0.5) is 0 Å². The van der Waals surface area contributed by atoms with Crippen LogP contribution in [0.25, 0.3) is 0 Å². The zero-order valence-electron chi connectivity index (χ0n) is 7.79. The first kappa shape index (κ1) is 7.57. The fourth-order valence-corrected chi connectivity index (χ4v) is 2.50. The summed E-state index contributed by atoms with van der Waals surface area (Å²) >= 11 is 0.